The van der Waals surface area contributed by atoms with Gasteiger partial charge in [0.25, 0.3) is 0 Å². The van der Waals surface area contributed by atoms with E-state index in [1.165, 1.54) is 49.7 Å². The predicted octanol–water partition coefficient (Wildman–Crippen LogP) is 8.45. The van der Waals surface area contributed by atoms with E-state index in [1.807, 2.05) is 12.1 Å². The third kappa shape index (κ3) is 8.22. The van der Waals surface area contributed by atoms with Crippen molar-refractivity contribution in [2.24, 2.45) is 10.1 Å². The number of carbonyl (C=O) groups excluding carboxylic acids is 1. The molecule has 1 unspecified atom stereocenters. The Balaban J connectivity index is 1.82. The molecule has 0 amide bonds. The summed E-state index contributed by atoms with van der Waals surface area (Å²) in [5, 5.41) is 13.7. The van der Waals surface area contributed by atoms with Crippen LogP contribution in [0.2, 0.25) is 0 Å². The highest BCUT2D eigenvalue weighted by molar-refractivity contribution is 6.69. The average Bonchev–Trinajstić information content (AvgIpc) is 3.45. The SMILES string of the molecule is CCCCCCCCCCC(OC(=O)C(=NO)C1=NCC(CCC)(CCC)c2c(C)cccc21)C1(CCC)OCCO1. The largest absolute Gasteiger partial charge is 0.452 e. The van der Waals surface area contributed by atoms with E-state index in [9.17, 15) is 10.0 Å². The monoisotopic (exact) mass is 584 g/mol. The summed E-state index contributed by atoms with van der Waals surface area (Å²) < 4.78 is 18.5. The van der Waals surface area contributed by atoms with E-state index in [4.69, 9.17) is 19.2 Å². The molecule has 236 valence electrons. The molecule has 0 aromatic heterocycles. The van der Waals surface area contributed by atoms with E-state index in [1.54, 1.807) is 0 Å². The minimum Gasteiger partial charge on any atom is -0.452 e. The molecular formula is C35H56N2O5. The Labute approximate surface area is 254 Å². The Bertz CT molecular complexity index is 1040. The molecule has 7 heteroatoms. The summed E-state index contributed by atoms with van der Waals surface area (Å²) >= 11 is 0. The van der Waals surface area contributed by atoms with Gasteiger partial charge in [0.05, 0.1) is 13.2 Å². The first-order valence-corrected chi connectivity index (χ1v) is 16.8. The number of ether oxygens (including phenoxy) is 3. The summed E-state index contributed by atoms with van der Waals surface area (Å²) in [6.45, 7) is 12.4. The second-order valence-corrected chi connectivity index (χ2v) is 12.3. The van der Waals surface area contributed by atoms with Crippen molar-refractivity contribution in [3.8, 4) is 0 Å². The Morgan fingerprint density at radius 2 is 1.55 bits per heavy atom. The second kappa shape index (κ2) is 17.1. The van der Waals surface area contributed by atoms with Crippen LogP contribution in [0.4, 0.5) is 0 Å². The number of unbranched alkanes of at least 4 members (excludes halogenated alkanes) is 7. The van der Waals surface area contributed by atoms with Crippen LogP contribution in [0.5, 0.6) is 0 Å². The summed E-state index contributed by atoms with van der Waals surface area (Å²) in [7, 11) is 0. The molecule has 1 N–H and O–H groups in total. The molecule has 2 aliphatic heterocycles. The third-order valence-corrected chi connectivity index (χ3v) is 9.01. The minimum absolute atomic E-state index is 0.0894. The standard InChI is InChI=1S/C35H56N2O5/c1-6-10-11-12-13-14-15-16-20-29(35(23-9-4)40-24-25-41-35)42-33(38)32(37-39)31-28-19-17-18-27(5)30(28)34(21-7-2,22-8-3)26-36-31/h17-19,29,39H,6-16,20-26H2,1-5H3. The summed E-state index contributed by atoms with van der Waals surface area (Å²) in [6.07, 6.45) is 15.1. The van der Waals surface area contributed by atoms with E-state index >= 15 is 0 Å². The first-order chi connectivity index (χ1) is 20.4. The maximum Gasteiger partial charge on any atom is 0.363 e. The molecule has 0 spiro atoms. The fraction of sp³-hybridized carbons (Fsp3) is 0.743. The third-order valence-electron chi connectivity index (χ3n) is 9.01. The zero-order valence-corrected chi connectivity index (χ0v) is 27.0. The maximum atomic E-state index is 13.8. The molecule has 0 radical (unpaired) electrons. The summed E-state index contributed by atoms with van der Waals surface area (Å²) in [4.78, 5) is 18.8. The average molecular weight is 585 g/mol. The van der Waals surface area contributed by atoms with E-state index in [0.717, 1.165) is 50.5 Å². The summed E-state index contributed by atoms with van der Waals surface area (Å²) in [6, 6.07) is 6.11. The number of rotatable bonds is 19. The van der Waals surface area contributed by atoms with Crippen molar-refractivity contribution in [1.82, 2.24) is 0 Å². The normalized spacial score (nSPS) is 18.4. The van der Waals surface area contributed by atoms with Crippen LogP contribution in [0, 0.1) is 6.92 Å². The highest BCUT2D eigenvalue weighted by atomic mass is 16.8. The number of hydrogen-bond donors (Lipinski definition) is 1. The van der Waals surface area contributed by atoms with Crippen LogP contribution < -0.4 is 0 Å². The quantitative estimate of drug-likeness (QED) is 0.0579. The van der Waals surface area contributed by atoms with Gasteiger partial charge < -0.3 is 19.4 Å². The predicted molar refractivity (Wildman–Crippen MR) is 170 cm³/mol. The Hall–Kier alpha value is -2.25. The lowest BCUT2D eigenvalue weighted by Gasteiger charge is -2.39. The number of aliphatic imine (C=N–C) groups is 1. The smallest absolute Gasteiger partial charge is 0.363 e. The van der Waals surface area contributed by atoms with Crippen LogP contribution in [0.25, 0.3) is 0 Å². The van der Waals surface area contributed by atoms with Gasteiger partial charge in [0.15, 0.2) is 6.10 Å². The van der Waals surface area contributed by atoms with Gasteiger partial charge in [-0.2, -0.15) is 0 Å². The highest BCUT2D eigenvalue weighted by Gasteiger charge is 2.47. The molecule has 2 aliphatic rings. The number of oxime groups is 1. The zero-order chi connectivity index (χ0) is 30.4. The van der Waals surface area contributed by atoms with E-state index in [2.05, 4.69) is 45.8 Å². The molecule has 42 heavy (non-hydrogen) atoms. The second-order valence-electron chi connectivity index (χ2n) is 12.3. The lowest BCUT2D eigenvalue weighted by atomic mass is 9.68. The summed E-state index contributed by atoms with van der Waals surface area (Å²) in [5.74, 6) is -1.65. The van der Waals surface area contributed by atoms with Crippen molar-refractivity contribution in [2.75, 3.05) is 19.8 Å². The van der Waals surface area contributed by atoms with Crippen molar-refractivity contribution in [2.45, 2.75) is 148 Å². The molecule has 1 aromatic carbocycles. The van der Waals surface area contributed by atoms with Gasteiger partial charge in [-0.15, -0.1) is 0 Å². The molecular weight excluding hydrogens is 528 g/mol. The molecule has 3 rings (SSSR count). The van der Waals surface area contributed by atoms with Gasteiger partial charge in [0.2, 0.25) is 11.5 Å². The van der Waals surface area contributed by atoms with Crippen LogP contribution in [0.15, 0.2) is 28.3 Å². The number of hydrogen-bond acceptors (Lipinski definition) is 7. The number of aryl methyl sites for hydroxylation is 1. The highest BCUT2D eigenvalue weighted by Crippen LogP contribution is 2.42. The number of fused-ring (bicyclic) bond motifs is 1. The topological polar surface area (TPSA) is 89.7 Å². The zero-order valence-electron chi connectivity index (χ0n) is 27.0. The first kappa shape index (κ1) is 34.2. The van der Waals surface area contributed by atoms with Gasteiger partial charge in [0, 0.05) is 23.9 Å². The molecule has 0 aliphatic carbocycles. The number of carbonyl (C=O) groups is 1. The van der Waals surface area contributed by atoms with Gasteiger partial charge in [0.1, 0.15) is 5.71 Å². The Morgan fingerprint density at radius 3 is 2.14 bits per heavy atom. The number of nitrogens with zero attached hydrogens (tertiary/aromatic N) is 2. The van der Waals surface area contributed by atoms with Crippen LogP contribution in [0.1, 0.15) is 141 Å². The van der Waals surface area contributed by atoms with E-state index in [0.29, 0.717) is 38.3 Å². The van der Waals surface area contributed by atoms with Gasteiger partial charge in [-0.25, -0.2) is 4.79 Å². The summed E-state index contributed by atoms with van der Waals surface area (Å²) in [5.41, 5.74) is 3.43. The number of esters is 1. The van der Waals surface area contributed by atoms with Gasteiger partial charge >= 0.3 is 5.97 Å². The lowest BCUT2D eigenvalue weighted by Crippen LogP contribution is -2.48. The molecule has 1 atom stereocenters. The van der Waals surface area contributed by atoms with Crippen molar-refractivity contribution >= 4 is 17.4 Å². The van der Waals surface area contributed by atoms with Crippen LogP contribution in [-0.2, 0) is 24.4 Å². The molecule has 1 fully saturated rings. The van der Waals surface area contributed by atoms with E-state index < -0.39 is 17.9 Å². The first-order valence-electron chi connectivity index (χ1n) is 16.8. The van der Waals surface area contributed by atoms with Crippen LogP contribution in [-0.4, -0.2) is 54.2 Å². The molecule has 2 heterocycles. The van der Waals surface area contributed by atoms with Crippen LogP contribution in [0.3, 0.4) is 0 Å². The Morgan fingerprint density at radius 1 is 0.929 bits per heavy atom. The fourth-order valence-corrected chi connectivity index (χ4v) is 7.17. The minimum atomic E-state index is -0.966. The Kier molecular flexibility index (Phi) is 14.0. The van der Waals surface area contributed by atoms with Crippen molar-refractivity contribution in [3.63, 3.8) is 0 Å². The molecule has 0 saturated carbocycles. The van der Waals surface area contributed by atoms with Gasteiger partial charge in [-0.05, 0) is 43.7 Å². The molecule has 0 bridgehead atoms. The van der Waals surface area contributed by atoms with Crippen molar-refractivity contribution in [3.05, 3.63) is 34.9 Å². The number of benzene rings is 1. The fourth-order valence-electron chi connectivity index (χ4n) is 7.17. The van der Waals surface area contributed by atoms with Crippen molar-refractivity contribution < 1.29 is 24.2 Å². The maximum absolute atomic E-state index is 13.8. The van der Waals surface area contributed by atoms with Crippen molar-refractivity contribution in [1.29, 1.82) is 0 Å². The van der Waals surface area contributed by atoms with Crippen LogP contribution >= 0.6 is 0 Å². The van der Waals surface area contributed by atoms with Gasteiger partial charge in [-0.1, -0.05) is 115 Å². The van der Waals surface area contributed by atoms with E-state index in [-0.39, 0.29) is 11.1 Å². The molecule has 1 aromatic rings. The molecule has 7 nitrogen and oxygen atoms in total. The molecule has 1 saturated heterocycles. The lowest BCUT2D eigenvalue weighted by molar-refractivity contribution is -0.234. The van der Waals surface area contributed by atoms with Gasteiger partial charge in [-0.3, -0.25) is 4.99 Å².